The molecule has 0 bridgehead atoms. The summed E-state index contributed by atoms with van der Waals surface area (Å²) in [6.07, 6.45) is 0. The molecule has 3 aromatic carbocycles. The summed E-state index contributed by atoms with van der Waals surface area (Å²) < 4.78 is 6.03. The lowest BCUT2D eigenvalue weighted by Gasteiger charge is -2.29. The molecule has 1 heterocycles. The van der Waals surface area contributed by atoms with Gasteiger partial charge in [-0.05, 0) is 47.7 Å². The number of anilines is 2. The van der Waals surface area contributed by atoms with Gasteiger partial charge in [0.2, 0.25) is 0 Å². The fraction of sp³-hybridized carbons (Fsp3) is 0.269. The molecular weight excluding hydrogens is 374 g/mol. The minimum Gasteiger partial charge on any atom is -0.489 e. The number of para-hydroxylation sites is 1. The van der Waals surface area contributed by atoms with Gasteiger partial charge in [0.1, 0.15) is 12.4 Å². The van der Waals surface area contributed by atoms with Crippen LogP contribution in [0.2, 0.25) is 0 Å². The molecule has 0 spiro atoms. The SMILES string of the molecule is CC(C)(C)c1cc(OCc2ccccc2)ccc1N1C(=O)[C@](C)(O)c2ccccc21. The number of carbonyl (C=O) groups excluding carboxylic acids is 1. The number of nitrogens with zero attached hydrogens (tertiary/aromatic N) is 1. The third-order valence-electron chi connectivity index (χ3n) is 5.55. The van der Waals surface area contributed by atoms with Crippen LogP contribution in [-0.2, 0) is 22.4 Å². The van der Waals surface area contributed by atoms with Crippen molar-refractivity contribution in [3.8, 4) is 5.75 Å². The van der Waals surface area contributed by atoms with E-state index in [1.54, 1.807) is 17.9 Å². The van der Waals surface area contributed by atoms with Crippen LogP contribution in [0.15, 0.2) is 72.8 Å². The van der Waals surface area contributed by atoms with E-state index < -0.39 is 5.60 Å². The molecule has 1 amide bonds. The normalized spacial score (nSPS) is 18.4. The summed E-state index contributed by atoms with van der Waals surface area (Å²) in [5.74, 6) is 0.409. The van der Waals surface area contributed by atoms with Gasteiger partial charge in [-0.15, -0.1) is 0 Å². The van der Waals surface area contributed by atoms with Gasteiger partial charge < -0.3 is 9.84 Å². The van der Waals surface area contributed by atoms with E-state index in [2.05, 4.69) is 20.8 Å². The Balaban J connectivity index is 1.74. The summed E-state index contributed by atoms with van der Waals surface area (Å²) in [5, 5.41) is 10.9. The zero-order chi connectivity index (χ0) is 21.5. The van der Waals surface area contributed by atoms with Crippen LogP contribution in [0.1, 0.15) is 44.4 Å². The molecule has 1 atom stereocenters. The van der Waals surface area contributed by atoms with Gasteiger partial charge in [0.05, 0.1) is 11.4 Å². The van der Waals surface area contributed by atoms with Crippen molar-refractivity contribution in [2.75, 3.05) is 4.90 Å². The third-order valence-corrected chi connectivity index (χ3v) is 5.55. The van der Waals surface area contributed by atoms with E-state index in [0.717, 1.165) is 28.3 Å². The number of ether oxygens (including phenoxy) is 1. The molecule has 1 aliphatic heterocycles. The molecule has 0 radical (unpaired) electrons. The van der Waals surface area contributed by atoms with Crippen LogP contribution < -0.4 is 9.64 Å². The number of hydrogen-bond acceptors (Lipinski definition) is 3. The van der Waals surface area contributed by atoms with Crippen LogP contribution >= 0.6 is 0 Å². The fourth-order valence-electron chi connectivity index (χ4n) is 3.90. The average molecular weight is 402 g/mol. The van der Waals surface area contributed by atoms with E-state index in [1.165, 1.54) is 0 Å². The monoisotopic (exact) mass is 401 g/mol. The first-order valence-electron chi connectivity index (χ1n) is 10.2. The van der Waals surface area contributed by atoms with Gasteiger partial charge in [-0.25, -0.2) is 0 Å². The smallest absolute Gasteiger partial charge is 0.267 e. The Bertz CT molecular complexity index is 1080. The Kier molecular flexibility index (Phi) is 4.91. The molecule has 1 aliphatic rings. The molecule has 4 heteroatoms. The van der Waals surface area contributed by atoms with Crippen LogP contribution in [0.25, 0.3) is 0 Å². The zero-order valence-electron chi connectivity index (χ0n) is 17.8. The Morgan fingerprint density at radius 3 is 2.30 bits per heavy atom. The summed E-state index contributed by atoms with van der Waals surface area (Å²) in [6.45, 7) is 8.36. The van der Waals surface area contributed by atoms with E-state index in [9.17, 15) is 9.90 Å². The highest BCUT2D eigenvalue weighted by Crippen LogP contribution is 2.47. The van der Waals surface area contributed by atoms with Crippen LogP contribution in [0, 0.1) is 0 Å². The topological polar surface area (TPSA) is 49.8 Å². The maximum Gasteiger partial charge on any atom is 0.267 e. The van der Waals surface area contributed by atoms with Gasteiger partial charge >= 0.3 is 0 Å². The van der Waals surface area contributed by atoms with Crippen LogP contribution in [-0.4, -0.2) is 11.0 Å². The molecule has 4 nitrogen and oxygen atoms in total. The number of fused-ring (bicyclic) bond motifs is 1. The molecule has 0 aliphatic carbocycles. The van der Waals surface area contributed by atoms with Crippen LogP contribution in [0.4, 0.5) is 11.4 Å². The van der Waals surface area contributed by atoms with Gasteiger partial charge in [0.15, 0.2) is 5.60 Å². The first-order chi connectivity index (χ1) is 14.2. The second-order valence-electron chi connectivity index (χ2n) is 8.93. The molecule has 1 N–H and O–H groups in total. The second kappa shape index (κ2) is 7.29. The van der Waals surface area contributed by atoms with Crippen LogP contribution in [0.3, 0.4) is 0 Å². The van der Waals surface area contributed by atoms with Crippen molar-refractivity contribution in [3.63, 3.8) is 0 Å². The summed E-state index contributed by atoms with van der Waals surface area (Å²) in [6, 6.07) is 23.2. The van der Waals surface area contributed by atoms with E-state index >= 15 is 0 Å². The van der Waals surface area contributed by atoms with E-state index in [1.807, 2.05) is 66.7 Å². The number of aliphatic hydroxyl groups is 1. The molecule has 0 saturated heterocycles. The van der Waals surface area contributed by atoms with Crippen molar-refractivity contribution < 1.29 is 14.6 Å². The molecule has 0 fully saturated rings. The van der Waals surface area contributed by atoms with Crippen molar-refractivity contribution in [3.05, 3.63) is 89.5 Å². The molecule has 154 valence electrons. The molecule has 0 aromatic heterocycles. The van der Waals surface area contributed by atoms with Gasteiger partial charge in [-0.3, -0.25) is 9.69 Å². The van der Waals surface area contributed by atoms with Crippen molar-refractivity contribution in [1.29, 1.82) is 0 Å². The zero-order valence-corrected chi connectivity index (χ0v) is 17.8. The number of carbonyl (C=O) groups is 1. The Morgan fingerprint density at radius 2 is 1.60 bits per heavy atom. The van der Waals surface area contributed by atoms with Crippen molar-refractivity contribution in [2.24, 2.45) is 0 Å². The number of benzene rings is 3. The van der Waals surface area contributed by atoms with Gasteiger partial charge in [-0.2, -0.15) is 0 Å². The standard InChI is InChI=1S/C26H27NO3/c1-25(2,3)21-16-19(30-17-18-10-6-5-7-11-18)14-15-23(21)27-22-13-9-8-12-20(22)26(4,29)24(27)28/h5-16,29H,17H2,1-4H3/t26-/m1/s1. The van der Waals surface area contributed by atoms with Crippen molar-refractivity contribution in [2.45, 2.75) is 45.3 Å². The molecule has 30 heavy (non-hydrogen) atoms. The van der Waals surface area contributed by atoms with Crippen molar-refractivity contribution >= 4 is 17.3 Å². The maximum absolute atomic E-state index is 13.2. The van der Waals surface area contributed by atoms with Crippen LogP contribution in [0.5, 0.6) is 5.75 Å². The summed E-state index contributed by atoms with van der Waals surface area (Å²) >= 11 is 0. The highest BCUT2D eigenvalue weighted by Gasteiger charge is 2.47. The highest BCUT2D eigenvalue weighted by molar-refractivity contribution is 6.12. The summed E-state index contributed by atoms with van der Waals surface area (Å²) in [4.78, 5) is 14.8. The predicted molar refractivity (Wildman–Crippen MR) is 119 cm³/mol. The predicted octanol–water partition coefficient (Wildman–Crippen LogP) is 5.45. The first-order valence-corrected chi connectivity index (χ1v) is 10.2. The summed E-state index contributed by atoms with van der Waals surface area (Å²) in [7, 11) is 0. The molecule has 3 aromatic rings. The lowest BCUT2D eigenvalue weighted by Crippen LogP contribution is -2.36. The third kappa shape index (κ3) is 3.48. The molecule has 0 saturated carbocycles. The van der Waals surface area contributed by atoms with Crippen molar-refractivity contribution in [1.82, 2.24) is 0 Å². The van der Waals surface area contributed by atoms with Gasteiger partial charge in [-0.1, -0.05) is 69.3 Å². The largest absolute Gasteiger partial charge is 0.489 e. The first kappa shape index (κ1) is 20.2. The molecular formula is C26H27NO3. The molecule has 4 rings (SSSR count). The lowest BCUT2D eigenvalue weighted by atomic mass is 9.85. The fourth-order valence-corrected chi connectivity index (χ4v) is 3.90. The quantitative estimate of drug-likeness (QED) is 0.632. The number of amides is 1. The molecule has 0 unspecified atom stereocenters. The van der Waals surface area contributed by atoms with Gasteiger partial charge in [0, 0.05) is 5.56 Å². The summed E-state index contributed by atoms with van der Waals surface area (Å²) in [5.41, 5.74) is 2.41. The Labute approximate surface area is 177 Å². The number of rotatable bonds is 4. The average Bonchev–Trinajstić information content (AvgIpc) is 2.93. The second-order valence-corrected chi connectivity index (χ2v) is 8.93. The lowest BCUT2D eigenvalue weighted by molar-refractivity contribution is -0.133. The van der Waals surface area contributed by atoms with Gasteiger partial charge in [0.25, 0.3) is 5.91 Å². The Morgan fingerprint density at radius 1 is 0.933 bits per heavy atom. The van der Waals surface area contributed by atoms with E-state index in [-0.39, 0.29) is 11.3 Å². The minimum absolute atomic E-state index is 0.231. The van der Waals surface area contributed by atoms with E-state index in [0.29, 0.717) is 12.2 Å². The maximum atomic E-state index is 13.2. The minimum atomic E-state index is -1.55. The van der Waals surface area contributed by atoms with E-state index in [4.69, 9.17) is 4.74 Å². The Hall–Kier alpha value is -3.11. The number of hydrogen-bond donors (Lipinski definition) is 1. The highest BCUT2D eigenvalue weighted by atomic mass is 16.5.